The van der Waals surface area contributed by atoms with E-state index in [1.807, 2.05) is 38.3 Å². The van der Waals surface area contributed by atoms with Crippen LogP contribution in [-0.2, 0) is 16.1 Å². The third kappa shape index (κ3) is 2.72. The number of benzene rings is 1. The largest absolute Gasteiger partial charge is 0.459 e. The number of carbonyl (C=O) groups is 2. The van der Waals surface area contributed by atoms with Gasteiger partial charge in [0.2, 0.25) is 0 Å². The first-order valence-electron chi connectivity index (χ1n) is 7.45. The van der Waals surface area contributed by atoms with Crippen LogP contribution < -0.4 is 5.43 Å². The number of carbonyl (C=O) groups excluding carboxylic acids is 2. The molecule has 1 aromatic carbocycles. The van der Waals surface area contributed by atoms with E-state index in [2.05, 4.69) is 10.5 Å². The summed E-state index contributed by atoms with van der Waals surface area (Å²) in [5.41, 5.74) is 5.05. The SMILES string of the molecule is Cc1c2c3c(cccc3n1CC(=O)OC(C)(C)C)C(=O)NN=C2. The molecular weight excluding hydrogens is 294 g/mol. The van der Waals surface area contributed by atoms with E-state index in [9.17, 15) is 9.59 Å². The minimum atomic E-state index is -0.533. The molecule has 0 saturated carbocycles. The monoisotopic (exact) mass is 313 g/mol. The molecule has 0 atom stereocenters. The fourth-order valence-corrected chi connectivity index (χ4v) is 2.82. The maximum atomic E-state index is 12.2. The van der Waals surface area contributed by atoms with E-state index in [4.69, 9.17) is 4.74 Å². The molecule has 6 heteroatoms. The summed E-state index contributed by atoms with van der Waals surface area (Å²) < 4.78 is 7.28. The van der Waals surface area contributed by atoms with Crippen molar-refractivity contribution >= 4 is 29.0 Å². The fraction of sp³-hybridized carbons (Fsp3) is 0.353. The van der Waals surface area contributed by atoms with Crippen molar-refractivity contribution in [3.8, 4) is 0 Å². The van der Waals surface area contributed by atoms with Gasteiger partial charge in [0.15, 0.2) is 0 Å². The van der Waals surface area contributed by atoms with Crippen LogP contribution in [0.1, 0.15) is 42.4 Å². The van der Waals surface area contributed by atoms with Crippen LogP contribution >= 0.6 is 0 Å². The molecule has 0 radical (unpaired) electrons. The Bertz CT molecular complexity index is 841. The van der Waals surface area contributed by atoms with Gasteiger partial charge in [-0.15, -0.1) is 0 Å². The van der Waals surface area contributed by atoms with Gasteiger partial charge in [-0.3, -0.25) is 9.59 Å². The van der Waals surface area contributed by atoms with Gasteiger partial charge in [-0.1, -0.05) is 6.07 Å². The van der Waals surface area contributed by atoms with Crippen molar-refractivity contribution in [2.75, 3.05) is 0 Å². The Kier molecular flexibility index (Phi) is 3.47. The summed E-state index contributed by atoms with van der Waals surface area (Å²) >= 11 is 0. The van der Waals surface area contributed by atoms with E-state index in [1.165, 1.54) is 0 Å². The lowest BCUT2D eigenvalue weighted by molar-refractivity contribution is -0.155. The van der Waals surface area contributed by atoms with Gasteiger partial charge in [0.25, 0.3) is 5.91 Å². The zero-order chi connectivity index (χ0) is 16.8. The topological polar surface area (TPSA) is 72.7 Å². The summed E-state index contributed by atoms with van der Waals surface area (Å²) in [7, 11) is 0. The summed E-state index contributed by atoms with van der Waals surface area (Å²) in [5, 5.41) is 4.76. The van der Waals surface area contributed by atoms with Crippen LogP contribution in [0.4, 0.5) is 0 Å². The van der Waals surface area contributed by atoms with Crippen molar-refractivity contribution in [1.29, 1.82) is 0 Å². The molecule has 0 fully saturated rings. The van der Waals surface area contributed by atoms with Crippen LogP contribution in [0.5, 0.6) is 0 Å². The average molecular weight is 313 g/mol. The molecule has 0 bridgehead atoms. The Balaban J connectivity index is 2.12. The number of hydrogen-bond acceptors (Lipinski definition) is 4. The van der Waals surface area contributed by atoms with E-state index < -0.39 is 5.60 Å². The van der Waals surface area contributed by atoms with Crippen LogP contribution in [0.2, 0.25) is 0 Å². The number of aromatic nitrogens is 1. The smallest absolute Gasteiger partial charge is 0.326 e. The minimum absolute atomic E-state index is 0.0957. The molecule has 1 aliphatic rings. The lowest BCUT2D eigenvalue weighted by Gasteiger charge is -2.20. The highest BCUT2D eigenvalue weighted by Gasteiger charge is 2.23. The molecule has 23 heavy (non-hydrogen) atoms. The van der Waals surface area contributed by atoms with E-state index in [0.717, 1.165) is 22.2 Å². The normalized spacial score (nSPS) is 13.8. The second-order valence-electron chi connectivity index (χ2n) is 6.57. The lowest BCUT2D eigenvalue weighted by Crippen LogP contribution is -2.26. The van der Waals surface area contributed by atoms with Crippen LogP contribution in [0.3, 0.4) is 0 Å². The average Bonchev–Trinajstić information content (AvgIpc) is 2.61. The first kappa shape index (κ1) is 15.3. The second-order valence-corrected chi connectivity index (χ2v) is 6.57. The van der Waals surface area contributed by atoms with E-state index in [1.54, 1.807) is 18.3 Å². The first-order valence-corrected chi connectivity index (χ1v) is 7.45. The predicted octanol–water partition coefficient (Wildman–Crippen LogP) is 2.37. The van der Waals surface area contributed by atoms with E-state index in [-0.39, 0.29) is 18.4 Å². The van der Waals surface area contributed by atoms with Gasteiger partial charge in [0.1, 0.15) is 12.1 Å². The molecule has 3 rings (SSSR count). The number of amides is 1. The predicted molar refractivity (Wildman–Crippen MR) is 87.6 cm³/mol. The Morgan fingerprint density at radius 1 is 1.35 bits per heavy atom. The number of nitrogens with one attached hydrogen (secondary N) is 1. The minimum Gasteiger partial charge on any atom is -0.459 e. The molecule has 2 heterocycles. The molecule has 0 spiro atoms. The highest BCUT2D eigenvalue weighted by Crippen LogP contribution is 2.29. The second kappa shape index (κ2) is 5.22. The third-order valence-electron chi connectivity index (χ3n) is 3.71. The number of hydrazone groups is 1. The van der Waals surface area contributed by atoms with Crippen LogP contribution in [-0.4, -0.2) is 28.3 Å². The van der Waals surface area contributed by atoms with Crippen LogP contribution in [0.15, 0.2) is 23.3 Å². The highest BCUT2D eigenvalue weighted by atomic mass is 16.6. The maximum absolute atomic E-state index is 12.2. The molecule has 1 aromatic heterocycles. The standard InChI is InChI=1S/C17H19N3O3/c1-10-12-8-18-19-16(22)11-6-5-7-13(15(11)12)20(10)9-14(21)23-17(2,3)4/h5-8H,9H2,1-4H3,(H,19,22). The number of hydrogen-bond donors (Lipinski definition) is 1. The summed E-state index contributed by atoms with van der Waals surface area (Å²) in [6.07, 6.45) is 1.62. The number of nitrogens with zero attached hydrogens (tertiary/aromatic N) is 2. The number of rotatable bonds is 2. The number of esters is 1. The molecule has 2 aromatic rings. The van der Waals surface area contributed by atoms with Crippen LogP contribution in [0.25, 0.3) is 10.9 Å². The summed E-state index contributed by atoms with van der Waals surface area (Å²) in [5.74, 6) is -0.562. The molecule has 1 aliphatic heterocycles. The maximum Gasteiger partial charge on any atom is 0.326 e. The van der Waals surface area contributed by atoms with Crippen molar-refractivity contribution in [2.24, 2.45) is 5.10 Å². The van der Waals surface area contributed by atoms with Crippen molar-refractivity contribution < 1.29 is 14.3 Å². The zero-order valence-corrected chi connectivity index (χ0v) is 13.6. The first-order chi connectivity index (χ1) is 10.8. The number of ether oxygens (including phenoxy) is 1. The van der Waals surface area contributed by atoms with E-state index in [0.29, 0.717) is 5.56 Å². The summed E-state index contributed by atoms with van der Waals surface area (Å²) in [6, 6.07) is 5.45. The Labute approximate surface area is 134 Å². The molecule has 1 amide bonds. The molecule has 0 aliphatic carbocycles. The van der Waals surface area contributed by atoms with Gasteiger partial charge in [0, 0.05) is 16.6 Å². The lowest BCUT2D eigenvalue weighted by atomic mass is 10.1. The quantitative estimate of drug-likeness (QED) is 0.865. The Morgan fingerprint density at radius 3 is 2.78 bits per heavy atom. The van der Waals surface area contributed by atoms with Gasteiger partial charge < -0.3 is 9.30 Å². The summed E-state index contributed by atoms with van der Waals surface area (Å²) in [4.78, 5) is 24.3. The third-order valence-corrected chi connectivity index (χ3v) is 3.71. The van der Waals surface area contributed by atoms with Crippen LogP contribution in [0, 0.1) is 6.92 Å². The van der Waals surface area contributed by atoms with Gasteiger partial charge in [-0.25, -0.2) is 5.43 Å². The zero-order valence-electron chi connectivity index (χ0n) is 13.6. The van der Waals surface area contributed by atoms with Gasteiger partial charge >= 0.3 is 5.97 Å². The molecule has 0 unspecified atom stereocenters. The van der Waals surface area contributed by atoms with Gasteiger partial charge in [-0.2, -0.15) is 5.10 Å². The molecule has 0 saturated heterocycles. The molecule has 6 nitrogen and oxygen atoms in total. The van der Waals surface area contributed by atoms with Gasteiger partial charge in [-0.05, 0) is 39.8 Å². The van der Waals surface area contributed by atoms with Crippen molar-refractivity contribution in [2.45, 2.75) is 39.8 Å². The van der Waals surface area contributed by atoms with Crippen molar-refractivity contribution in [1.82, 2.24) is 9.99 Å². The fourth-order valence-electron chi connectivity index (χ4n) is 2.82. The Morgan fingerprint density at radius 2 is 2.09 bits per heavy atom. The highest BCUT2D eigenvalue weighted by molar-refractivity contribution is 6.15. The van der Waals surface area contributed by atoms with Crippen molar-refractivity contribution in [3.05, 3.63) is 35.0 Å². The molecule has 120 valence electrons. The van der Waals surface area contributed by atoms with E-state index >= 15 is 0 Å². The Hall–Kier alpha value is -2.63. The molecule has 1 N–H and O–H groups in total. The van der Waals surface area contributed by atoms with Crippen molar-refractivity contribution in [3.63, 3.8) is 0 Å². The molecular formula is C17H19N3O3. The summed E-state index contributed by atoms with van der Waals surface area (Å²) in [6.45, 7) is 7.52. The van der Waals surface area contributed by atoms with Gasteiger partial charge in [0.05, 0.1) is 17.3 Å².